The minimum atomic E-state index is -0.938. The number of aromatic nitrogens is 4. The number of fused-ring (bicyclic) bond motifs is 1. The van der Waals surface area contributed by atoms with Gasteiger partial charge in [-0.05, 0) is 29.7 Å². The summed E-state index contributed by atoms with van der Waals surface area (Å²) in [7, 11) is 0. The number of carbonyl (C=O) groups excluding carboxylic acids is 1. The molecule has 0 fully saturated rings. The lowest BCUT2D eigenvalue weighted by molar-refractivity contribution is -0.122. The molecule has 106 valence electrons. The molecule has 0 spiro atoms. The van der Waals surface area contributed by atoms with Gasteiger partial charge in [0.1, 0.15) is 5.41 Å². The number of hydrogen-bond acceptors (Lipinski definition) is 4. The highest BCUT2D eigenvalue weighted by Gasteiger charge is 2.39. The van der Waals surface area contributed by atoms with Gasteiger partial charge in [-0.15, -0.1) is 0 Å². The Morgan fingerprint density at radius 3 is 2.86 bits per heavy atom. The fourth-order valence-electron chi connectivity index (χ4n) is 2.72. The number of H-pyrrole nitrogens is 1. The number of nitrogens with one attached hydrogen (secondary N) is 1. The lowest BCUT2D eigenvalue weighted by Crippen LogP contribution is -2.42. The highest BCUT2D eigenvalue weighted by Crippen LogP contribution is 2.35. The van der Waals surface area contributed by atoms with Crippen molar-refractivity contribution in [3.63, 3.8) is 0 Å². The molecule has 0 aromatic carbocycles. The first-order valence-corrected chi connectivity index (χ1v) is 6.68. The van der Waals surface area contributed by atoms with Gasteiger partial charge in [-0.3, -0.25) is 14.9 Å². The highest BCUT2D eigenvalue weighted by molar-refractivity contribution is 5.91. The first kappa shape index (κ1) is 13.2. The van der Waals surface area contributed by atoms with Crippen molar-refractivity contribution in [2.75, 3.05) is 0 Å². The van der Waals surface area contributed by atoms with E-state index in [1.165, 1.54) is 0 Å². The van der Waals surface area contributed by atoms with Crippen LogP contribution >= 0.6 is 0 Å². The van der Waals surface area contributed by atoms with E-state index in [4.69, 9.17) is 5.73 Å². The molecule has 3 aromatic rings. The Balaban J connectivity index is 2.26. The van der Waals surface area contributed by atoms with Gasteiger partial charge in [-0.2, -0.15) is 5.10 Å². The molecule has 1 unspecified atom stereocenters. The number of hydrogen-bond donors (Lipinski definition) is 2. The summed E-state index contributed by atoms with van der Waals surface area (Å²) in [4.78, 5) is 20.7. The largest absolute Gasteiger partial charge is 0.369 e. The number of primary amides is 1. The second kappa shape index (κ2) is 4.97. The van der Waals surface area contributed by atoms with Gasteiger partial charge in [0.05, 0.1) is 6.20 Å². The molecule has 0 radical (unpaired) electrons. The maximum atomic E-state index is 12.3. The SMILES string of the molecule is CCC(C(N)=O)(c1cccnc1)c1cnc2[nH]ncc2c1. The van der Waals surface area contributed by atoms with Crippen LogP contribution in [0.15, 0.2) is 43.0 Å². The van der Waals surface area contributed by atoms with Crippen LogP contribution in [-0.2, 0) is 10.2 Å². The smallest absolute Gasteiger partial charge is 0.232 e. The molecule has 3 heterocycles. The summed E-state index contributed by atoms with van der Waals surface area (Å²) < 4.78 is 0. The summed E-state index contributed by atoms with van der Waals surface area (Å²) in [6.07, 6.45) is 7.22. The average Bonchev–Trinajstić information content (AvgIpc) is 2.97. The van der Waals surface area contributed by atoms with Gasteiger partial charge in [-0.1, -0.05) is 13.0 Å². The molecule has 0 aliphatic heterocycles. The zero-order valence-corrected chi connectivity index (χ0v) is 11.6. The Hall–Kier alpha value is -2.76. The van der Waals surface area contributed by atoms with Crippen LogP contribution in [-0.4, -0.2) is 26.1 Å². The first-order valence-electron chi connectivity index (χ1n) is 6.68. The molecule has 0 aliphatic carbocycles. The van der Waals surface area contributed by atoms with Crippen molar-refractivity contribution < 1.29 is 4.79 Å². The van der Waals surface area contributed by atoms with Crippen LogP contribution in [0.4, 0.5) is 0 Å². The molecule has 0 aliphatic rings. The molecule has 0 bridgehead atoms. The van der Waals surface area contributed by atoms with E-state index in [9.17, 15) is 4.79 Å². The standard InChI is InChI=1S/C15H15N5O/c1-2-15(14(16)21,11-4-3-5-17-8-11)12-6-10-7-19-20-13(10)18-9-12/h3-9H,2H2,1H3,(H2,16,21)(H,18,19,20). The van der Waals surface area contributed by atoms with Crippen LogP contribution in [0.5, 0.6) is 0 Å². The topological polar surface area (TPSA) is 97.5 Å². The zero-order chi connectivity index (χ0) is 14.9. The molecule has 6 nitrogen and oxygen atoms in total. The third kappa shape index (κ3) is 1.96. The van der Waals surface area contributed by atoms with Crippen LogP contribution in [0.2, 0.25) is 0 Å². The molecule has 1 atom stereocenters. The van der Waals surface area contributed by atoms with Crippen molar-refractivity contribution in [1.82, 2.24) is 20.2 Å². The van der Waals surface area contributed by atoms with Crippen LogP contribution in [0.25, 0.3) is 11.0 Å². The molecular weight excluding hydrogens is 266 g/mol. The fraction of sp³-hybridized carbons (Fsp3) is 0.200. The first-order chi connectivity index (χ1) is 10.2. The summed E-state index contributed by atoms with van der Waals surface area (Å²) in [6.45, 7) is 1.93. The van der Waals surface area contributed by atoms with E-state index in [1.54, 1.807) is 30.9 Å². The van der Waals surface area contributed by atoms with E-state index in [2.05, 4.69) is 20.2 Å². The minimum Gasteiger partial charge on any atom is -0.369 e. The average molecular weight is 281 g/mol. The van der Waals surface area contributed by atoms with Crippen LogP contribution in [0.3, 0.4) is 0 Å². The molecule has 6 heteroatoms. The lowest BCUT2D eigenvalue weighted by Gasteiger charge is -2.29. The van der Waals surface area contributed by atoms with E-state index in [1.807, 2.05) is 19.1 Å². The minimum absolute atomic E-state index is 0.414. The fourth-order valence-corrected chi connectivity index (χ4v) is 2.72. The number of nitrogens with two attached hydrogens (primary N) is 1. The van der Waals surface area contributed by atoms with Crippen LogP contribution in [0.1, 0.15) is 24.5 Å². The number of carbonyl (C=O) groups is 1. The van der Waals surface area contributed by atoms with Crippen LogP contribution in [0, 0.1) is 0 Å². The van der Waals surface area contributed by atoms with Gasteiger partial charge in [0, 0.05) is 24.0 Å². The number of amides is 1. The molecule has 3 aromatic heterocycles. The number of rotatable bonds is 4. The molecule has 1 amide bonds. The zero-order valence-electron chi connectivity index (χ0n) is 11.6. The number of aromatic amines is 1. The summed E-state index contributed by atoms with van der Waals surface area (Å²) >= 11 is 0. The predicted octanol–water partition coefficient (Wildman–Crippen LogP) is 1.53. The van der Waals surface area contributed by atoms with Gasteiger partial charge < -0.3 is 5.73 Å². The monoisotopic (exact) mass is 281 g/mol. The van der Waals surface area contributed by atoms with Gasteiger partial charge in [0.15, 0.2) is 5.65 Å². The summed E-state index contributed by atoms with van der Waals surface area (Å²) in [5.41, 5.74) is 7.01. The van der Waals surface area contributed by atoms with Crippen molar-refractivity contribution in [2.24, 2.45) is 5.73 Å². The predicted molar refractivity (Wildman–Crippen MR) is 78.4 cm³/mol. The Morgan fingerprint density at radius 1 is 1.33 bits per heavy atom. The van der Waals surface area contributed by atoms with Crippen molar-refractivity contribution in [1.29, 1.82) is 0 Å². The summed E-state index contributed by atoms with van der Waals surface area (Å²) in [6, 6.07) is 5.56. The Bertz CT molecular complexity index is 783. The Labute approximate surface area is 121 Å². The van der Waals surface area contributed by atoms with E-state index in [0.717, 1.165) is 16.5 Å². The summed E-state index contributed by atoms with van der Waals surface area (Å²) in [5, 5.41) is 7.59. The van der Waals surface area contributed by atoms with Crippen molar-refractivity contribution in [3.8, 4) is 0 Å². The molecule has 0 saturated carbocycles. The highest BCUT2D eigenvalue weighted by atomic mass is 16.1. The Morgan fingerprint density at radius 2 is 2.19 bits per heavy atom. The van der Waals surface area contributed by atoms with Crippen molar-refractivity contribution >= 4 is 16.9 Å². The van der Waals surface area contributed by atoms with Gasteiger partial charge in [-0.25, -0.2) is 4.98 Å². The second-order valence-electron chi connectivity index (χ2n) is 4.90. The van der Waals surface area contributed by atoms with E-state index < -0.39 is 11.3 Å². The second-order valence-corrected chi connectivity index (χ2v) is 4.90. The molecule has 21 heavy (non-hydrogen) atoms. The molecular formula is C15H15N5O. The van der Waals surface area contributed by atoms with Gasteiger partial charge in [0.2, 0.25) is 5.91 Å². The molecule has 3 N–H and O–H groups in total. The maximum absolute atomic E-state index is 12.3. The third-order valence-corrected chi connectivity index (χ3v) is 3.89. The lowest BCUT2D eigenvalue weighted by atomic mass is 9.73. The summed E-state index contributed by atoms with van der Waals surface area (Å²) in [5.74, 6) is -0.414. The van der Waals surface area contributed by atoms with E-state index in [-0.39, 0.29) is 0 Å². The number of nitrogens with zero attached hydrogens (tertiary/aromatic N) is 3. The third-order valence-electron chi connectivity index (χ3n) is 3.89. The normalized spacial score (nSPS) is 14.0. The van der Waals surface area contributed by atoms with Gasteiger partial charge in [0.25, 0.3) is 0 Å². The van der Waals surface area contributed by atoms with Crippen molar-refractivity contribution in [2.45, 2.75) is 18.8 Å². The maximum Gasteiger partial charge on any atom is 0.232 e. The van der Waals surface area contributed by atoms with E-state index >= 15 is 0 Å². The Kier molecular flexibility index (Phi) is 3.13. The van der Waals surface area contributed by atoms with Crippen molar-refractivity contribution in [3.05, 3.63) is 54.1 Å². The van der Waals surface area contributed by atoms with E-state index in [0.29, 0.717) is 12.1 Å². The quantitative estimate of drug-likeness (QED) is 0.757. The molecule has 3 rings (SSSR count). The van der Waals surface area contributed by atoms with Crippen LogP contribution < -0.4 is 5.73 Å². The molecule has 0 saturated heterocycles. The van der Waals surface area contributed by atoms with Gasteiger partial charge >= 0.3 is 0 Å². The number of pyridine rings is 2.